The van der Waals surface area contributed by atoms with E-state index in [0.29, 0.717) is 17.9 Å². The molecule has 0 aliphatic heterocycles. The molecule has 0 atom stereocenters. The van der Waals surface area contributed by atoms with Gasteiger partial charge in [-0.1, -0.05) is 0 Å². The van der Waals surface area contributed by atoms with Gasteiger partial charge in [0.25, 0.3) is 0 Å². The van der Waals surface area contributed by atoms with Gasteiger partial charge in [-0.2, -0.15) is 10.2 Å². The van der Waals surface area contributed by atoms with Crippen LogP contribution < -0.4 is 0 Å². The van der Waals surface area contributed by atoms with Crippen molar-refractivity contribution >= 4 is 11.5 Å². The zero-order valence-electron chi connectivity index (χ0n) is 14.8. The maximum atomic E-state index is 11.8. The summed E-state index contributed by atoms with van der Waals surface area (Å²) in [5.74, 6) is 0.213. The van der Waals surface area contributed by atoms with Crippen LogP contribution >= 0.6 is 0 Å². The van der Waals surface area contributed by atoms with E-state index in [9.17, 15) is 4.79 Å². The van der Waals surface area contributed by atoms with E-state index < -0.39 is 0 Å². The van der Waals surface area contributed by atoms with Gasteiger partial charge in [0.15, 0.2) is 0 Å². The van der Waals surface area contributed by atoms with Crippen LogP contribution in [0, 0.1) is 6.92 Å². The van der Waals surface area contributed by atoms with Gasteiger partial charge in [0.1, 0.15) is 12.0 Å². The number of nitrogens with zero attached hydrogens (tertiary/aromatic N) is 4. The largest absolute Gasteiger partial charge is 0.463 e. The van der Waals surface area contributed by atoms with Gasteiger partial charge < -0.3 is 9.15 Å². The molecule has 7 heteroatoms. The van der Waals surface area contributed by atoms with E-state index in [1.54, 1.807) is 22.2 Å². The first-order chi connectivity index (χ1) is 12.6. The van der Waals surface area contributed by atoms with Gasteiger partial charge in [0.05, 0.1) is 29.6 Å². The number of aromatic nitrogens is 4. The van der Waals surface area contributed by atoms with Crippen LogP contribution in [0.15, 0.2) is 47.5 Å². The number of hydrogen-bond acceptors (Lipinski definition) is 5. The molecule has 0 amide bonds. The van der Waals surface area contributed by atoms with Crippen molar-refractivity contribution in [1.29, 1.82) is 0 Å². The molecule has 0 N–H and O–H groups in total. The highest BCUT2D eigenvalue weighted by Gasteiger charge is 2.15. The van der Waals surface area contributed by atoms with Crippen LogP contribution in [-0.2, 0) is 11.8 Å². The fourth-order valence-corrected chi connectivity index (χ4v) is 3.01. The first kappa shape index (κ1) is 16.1. The van der Waals surface area contributed by atoms with Crippen molar-refractivity contribution in [2.24, 2.45) is 7.05 Å². The number of pyridine rings is 1. The quantitative estimate of drug-likeness (QED) is 0.527. The first-order valence-electron chi connectivity index (χ1n) is 8.31. The Balaban J connectivity index is 1.77. The fourth-order valence-electron chi connectivity index (χ4n) is 3.01. The van der Waals surface area contributed by atoms with Gasteiger partial charge in [-0.25, -0.2) is 9.31 Å². The molecule has 0 spiro atoms. The summed E-state index contributed by atoms with van der Waals surface area (Å²) in [7, 11) is 1.90. The Kier molecular flexibility index (Phi) is 3.84. The predicted molar refractivity (Wildman–Crippen MR) is 95.8 cm³/mol. The van der Waals surface area contributed by atoms with Gasteiger partial charge in [-0.15, -0.1) is 0 Å². The lowest BCUT2D eigenvalue weighted by Gasteiger charge is -2.01. The standard InChI is InChI=1S/C19H18N4O3/c1-4-25-19(24)14-8-18(26-11-14)13-5-6-23-17(7-13)15(9-20-23)16-10-22(3)21-12(16)2/h5-11H,4H2,1-3H3. The number of carbonyl (C=O) groups excluding carboxylic acids is 1. The zero-order chi connectivity index (χ0) is 18.3. The van der Waals surface area contributed by atoms with Crippen molar-refractivity contribution in [3.63, 3.8) is 0 Å². The molecule has 0 aliphatic carbocycles. The van der Waals surface area contributed by atoms with Crippen LogP contribution in [0.2, 0.25) is 0 Å². The summed E-state index contributed by atoms with van der Waals surface area (Å²) in [6, 6.07) is 5.57. The van der Waals surface area contributed by atoms with E-state index in [1.807, 2.05) is 44.7 Å². The van der Waals surface area contributed by atoms with E-state index in [-0.39, 0.29) is 5.97 Å². The molecule has 0 saturated heterocycles. The first-order valence-corrected chi connectivity index (χ1v) is 8.31. The predicted octanol–water partition coefficient (Wildman–Crippen LogP) is 3.48. The lowest BCUT2D eigenvalue weighted by Crippen LogP contribution is -2.02. The number of fused-ring (bicyclic) bond motifs is 1. The molecule has 7 nitrogen and oxygen atoms in total. The Morgan fingerprint density at radius 2 is 2.15 bits per heavy atom. The van der Waals surface area contributed by atoms with Crippen molar-refractivity contribution in [3.05, 3.63) is 54.3 Å². The molecular weight excluding hydrogens is 332 g/mol. The molecule has 0 saturated carbocycles. The monoisotopic (exact) mass is 350 g/mol. The van der Waals surface area contributed by atoms with Crippen molar-refractivity contribution in [3.8, 4) is 22.5 Å². The molecule has 0 unspecified atom stereocenters. The number of esters is 1. The third-order valence-electron chi connectivity index (χ3n) is 4.22. The molecule has 0 fully saturated rings. The number of ether oxygens (including phenoxy) is 1. The van der Waals surface area contributed by atoms with Gasteiger partial charge in [0.2, 0.25) is 0 Å². The number of aryl methyl sites for hydroxylation is 2. The van der Waals surface area contributed by atoms with Crippen molar-refractivity contribution in [1.82, 2.24) is 19.4 Å². The molecule has 0 bridgehead atoms. The second-order valence-electron chi connectivity index (χ2n) is 6.03. The summed E-state index contributed by atoms with van der Waals surface area (Å²) in [6.45, 7) is 4.07. The lowest BCUT2D eigenvalue weighted by molar-refractivity contribution is 0.0525. The number of carbonyl (C=O) groups is 1. The molecule has 4 rings (SSSR count). The molecule has 132 valence electrons. The Labute approximate surface area is 149 Å². The minimum Gasteiger partial charge on any atom is -0.463 e. The van der Waals surface area contributed by atoms with Crippen LogP contribution in [0.5, 0.6) is 0 Å². The topological polar surface area (TPSA) is 74.6 Å². The van der Waals surface area contributed by atoms with Gasteiger partial charge in [0, 0.05) is 36.1 Å². The van der Waals surface area contributed by atoms with E-state index in [0.717, 1.165) is 27.9 Å². The molecule has 0 aliphatic rings. The molecule has 4 aromatic heterocycles. The molecule has 26 heavy (non-hydrogen) atoms. The van der Waals surface area contributed by atoms with Crippen molar-refractivity contribution in [2.75, 3.05) is 6.61 Å². The summed E-state index contributed by atoms with van der Waals surface area (Å²) in [5.41, 5.74) is 5.17. The Bertz CT molecular complexity index is 1100. The van der Waals surface area contributed by atoms with Gasteiger partial charge >= 0.3 is 5.97 Å². The van der Waals surface area contributed by atoms with Crippen LogP contribution in [0.4, 0.5) is 0 Å². The fraction of sp³-hybridized carbons (Fsp3) is 0.211. The minimum absolute atomic E-state index is 0.328. The van der Waals surface area contributed by atoms with Crippen LogP contribution in [0.3, 0.4) is 0 Å². The smallest absolute Gasteiger partial charge is 0.341 e. The summed E-state index contributed by atoms with van der Waals surface area (Å²) >= 11 is 0. The highest BCUT2D eigenvalue weighted by Crippen LogP contribution is 2.30. The number of hydrogen-bond donors (Lipinski definition) is 0. The summed E-state index contributed by atoms with van der Waals surface area (Å²) < 4.78 is 14.2. The maximum absolute atomic E-state index is 11.8. The summed E-state index contributed by atoms with van der Waals surface area (Å²) in [6.07, 6.45) is 7.09. The SMILES string of the molecule is CCOC(=O)c1coc(-c2ccn3ncc(-c4cn(C)nc4C)c3c2)c1. The van der Waals surface area contributed by atoms with Gasteiger partial charge in [-0.3, -0.25) is 4.68 Å². The number of furan rings is 1. The average Bonchev–Trinajstić information content (AvgIpc) is 3.32. The third-order valence-corrected chi connectivity index (χ3v) is 4.22. The van der Waals surface area contributed by atoms with Crippen LogP contribution in [-0.4, -0.2) is 32.0 Å². The summed E-state index contributed by atoms with van der Waals surface area (Å²) in [4.78, 5) is 11.8. The highest BCUT2D eigenvalue weighted by molar-refractivity contribution is 5.90. The second-order valence-corrected chi connectivity index (χ2v) is 6.03. The Hall–Kier alpha value is -3.35. The summed E-state index contributed by atoms with van der Waals surface area (Å²) in [5, 5.41) is 8.82. The lowest BCUT2D eigenvalue weighted by atomic mass is 10.1. The highest BCUT2D eigenvalue weighted by atomic mass is 16.5. The van der Waals surface area contributed by atoms with E-state index in [4.69, 9.17) is 9.15 Å². The molecular formula is C19H18N4O3. The minimum atomic E-state index is -0.389. The normalized spacial score (nSPS) is 11.2. The van der Waals surface area contributed by atoms with E-state index in [2.05, 4.69) is 10.2 Å². The molecule has 0 aromatic carbocycles. The Morgan fingerprint density at radius 1 is 1.31 bits per heavy atom. The second kappa shape index (κ2) is 6.18. The number of rotatable bonds is 4. The van der Waals surface area contributed by atoms with Crippen molar-refractivity contribution < 1.29 is 13.9 Å². The van der Waals surface area contributed by atoms with E-state index >= 15 is 0 Å². The van der Waals surface area contributed by atoms with E-state index in [1.165, 1.54) is 6.26 Å². The maximum Gasteiger partial charge on any atom is 0.341 e. The Morgan fingerprint density at radius 3 is 2.88 bits per heavy atom. The van der Waals surface area contributed by atoms with Crippen LogP contribution in [0.1, 0.15) is 23.0 Å². The van der Waals surface area contributed by atoms with Crippen LogP contribution in [0.25, 0.3) is 28.0 Å². The molecule has 4 heterocycles. The molecule has 0 radical (unpaired) electrons. The average molecular weight is 350 g/mol. The zero-order valence-corrected chi connectivity index (χ0v) is 14.8. The third kappa shape index (κ3) is 2.67. The molecule has 4 aromatic rings. The van der Waals surface area contributed by atoms with Gasteiger partial charge in [-0.05, 0) is 32.0 Å². The van der Waals surface area contributed by atoms with Crippen molar-refractivity contribution in [2.45, 2.75) is 13.8 Å².